The molecule has 2 aromatic rings. The maximum Gasteiger partial charge on any atom is 0.270 e. The van der Waals surface area contributed by atoms with Crippen molar-refractivity contribution in [2.24, 2.45) is 5.92 Å². The minimum atomic E-state index is -0.655. The fraction of sp³-hybridized carbons (Fsp3) is 0.629. The second-order valence-corrected chi connectivity index (χ2v) is 13.2. The van der Waals surface area contributed by atoms with Gasteiger partial charge in [-0.05, 0) is 56.8 Å². The maximum atomic E-state index is 13.7. The molecule has 0 spiro atoms. The van der Waals surface area contributed by atoms with E-state index >= 15 is 0 Å². The van der Waals surface area contributed by atoms with Gasteiger partial charge in [-0.2, -0.15) is 5.10 Å². The number of amides is 4. The van der Waals surface area contributed by atoms with Crippen LogP contribution in [0, 0.1) is 5.92 Å². The zero-order valence-corrected chi connectivity index (χ0v) is 28.3. The van der Waals surface area contributed by atoms with Gasteiger partial charge < -0.3 is 25.8 Å². The number of carbonyl (C=O) groups is 4. The quantitative estimate of drug-likeness (QED) is 0.306. The second-order valence-electron chi connectivity index (χ2n) is 13.2. The Hall–Kier alpha value is -3.73. The van der Waals surface area contributed by atoms with Crippen molar-refractivity contribution in [1.82, 2.24) is 35.5 Å². The Labute approximate surface area is 273 Å². The van der Waals surface area contributed by atoms with E-state index in [9.17, 15) is 19.2 Å². The van der Waals surface area contributed by atoms with E-state index in [2.05, 4.69) is 25.9 Å². The number of rotatable bonds is 12. The van der Waals surface area contributed by atoms with E-state index in [-0.39, 0.29) is 41.5 Å². The zero-order valence-electron chi connectivity index (χ0n) is 28.3. The van der Waals surface area contributed by atoms with Crippen LogP contribution in [0.4, 0.5) is 0 Å². The molecule has 11 nitrogen and oxygen atoms in total. The van der Waals surface area contributed by atoms with Crippen LogP contribution in [-0.2, 0) is 20.9 Å². The largest absolute Gasteiger partial charge is 0.350 e. The smallest absolute Gasteiger partial charge is 0.270 e. The van der Waals surface area contributed by atoms with E-state index in [0.717, 1.165) is 62.7 Å². The Bertz CT molecular complexity index is 1310. The summed E-state index contributed by atoms with van der Waals surface area (Å²) in [4.78, 5) is 57.0. The minimum Gasteiger partial charge on any atom is -0.350 e. The molecule has 3 N–H and O–H groups in total. The van der Waals surface area contributed by atoms with Gasteiger partial charge in [0.15, 0.2) is 0 Å². The lowest BCUT2D eigenvalue weighted by molar-refractivity contribution is -0.138. The molecular weight excluding hydrogens is 582 g/mol. The molecule has 0 radical (unpaired) electrons. The summed E-state index contributed by atoms with van der Waals surface area (Å²) in [7, 11) is 2.04. The van der Waals surface area contributed by atoms with Crippen molar-refractivity contribution in [1.29, 1.82) is 0 Å². The van der Waals surface area contributed by atoms with Gasteiger partial charge in [0.2, 0.25) is 17.7 Å². The van der Waals surface area contributed by atoms with Crippen LogP contribution < -0.4 is 16.0 Å². The number of hydrogen-bond donors (Lipinski definition) is 3. The van der Waals surface area contributed by atoms with Crippen molar-refractivity contribution >= 4 is 23.6 Å². The van der Waals surface area contributed by atoms with Gasteiger partial charge in [-0.3, -0.25) is 23.9 Å². The molecule has 1 aliphatic heterocycles. The highest BCUT2D eigenvalue weighted by atomic mass is 16.2. The van der Waals surface area contributed by atoms with E-state index in [1.165, 1.54) is 0 Å². The molecule has 2 heterocycles. The minimum absolute atomic E-state index is 0.0229. The van der Waals surface area contributed by atoms with Crippen molar-refractivity contribution in [2.45, 2.75) is 103 Å². The Morgan fingerprint density at radius 1 is 0.891 bits per heavy atom. The average Bonchev–Trinajstić information content (AvgIpc) is 3.41. The number of nitrogens with zero attached hydrogens (tertiary/aromatic N) is 4. The number of benzene rings is 1. The molecular formula is C35H53N7O4. The summed E-state index contributed by atoms with van der Waals surface area (Å²) in [6.45, 7) is 10.9. The van der Waals surface area contributed by atoms with Crippen LogP contribution in [-0.4, -0.2) is 88.5 Å². The first kappa shape index (κ1) is 35.1. The van der Waals surface area contributed by atoms with Crippen LogP contribution in [0.5, 0.6) is 0 Å². The molecule has 4 rings (SSSR count). The molecule has 11 heteroatoms. The summed E-state index contributed by atoms with van der Waals surface area (Å²) in [5.41, 5.74) is 2.29. The van der Waals surface area contributed by atoms with Crippen molar-refractivity contribution in [2.75, 3.05) is 33.2 Å². The van der Waals surface area contributed by atoms with Gasteiger partial charge in [-0.15, -0.1) is 0 Å². The van der Waals surface area contributed by atoms with Crippen molar-refractivity contribution in [3.8, 4) is 0 Å². The van der Waals surface area contributed by atoms with Gasteiger partial charge in [0.25, 0.3) is 5.91 Å². The summed E-state index contributed by atoms with van der Waals surface area (Å²) in [5, 5.41) is 13.4. The second kappa shape index (κ2) is 16.7. The van der Waals surface area contributed by atoms with Gasteiger partial charge in [0.1, 0.15) is 17.8 Å². The number of carbonyl (C=O) groups excluding carboxylic acids is 4. The van der Waals surface area contributed by atoms with Gasteiger partial charge in [0, 0.05) is 57.3 Å². The molecule has 1 unspecified atom stereocenters. The third-order valence-corrected chi connectivity index (χ3v) is 9.52. The topological polar surface area (TPSA) is 129 Å². The fourth-order valence-electron chi connectivity index (χ4n) is 6.49. The Kier molecular flexibility index (Phi) is 12.8. The fourth-order valence-corrected chi connectivity index (χ4v) is 6.49. The lowest BCUT2D eigenvalue weighted by Gasteiger charge is -2.36. The first-order chi connectivity index (χ1) is 22.1. The number of hydrogen-bond acceptors (Lipinski definition) is 6. The third-order valence-electron chi connectivity index (χ3n) is 9.52. The molecule has 0 bridgehead atoms. The first-order valence-electron chi connectivity index (χ1n) is 17.1. The van der Waals surface area contributed by atoms with Crippen LogP contribution in [0.2, 0.25) is 0 Å². The van der Waals surface area contributed by atoms with E-state index in [0.29, 0.717) is 31.7 Å². The summed E-state index contributed by atoms with van der Waals surface area (Å²) in [5.74, 6) is -0.846. The predicted molar refractivity (Wildman–Crippen MR) is 178 cm³/mol. The molecule has 4 amide bonds. The number of aromatic nitrogens is 2. The van der Waals surface area contributed by atoms with Gasteiger partial charge in [0.05, 0.1) is 0 Å². The van der Waals surface area contributed by atoms with Crippen LogP contribution in [0.3, 0.4) is 0 Å². The van der Waals surface area contributed by atoms with Crippen LogP contribution in [0.15, 0.2) is 36.5 Å². The molecule has 2 fully saturated rings. The number of likely N-dealkylation sites (N-methyl/N-ethyl adjacent to an activating group) is 1. The third kappa shape index (κ3) is 9.18. The van der Waals surface area contributed by atoms with Gasteiger partial charge in [-0.1, -0.05) is 63.8 Å². The Morgan fingerprint density at radius 3 is 2.15 bits per heavy atom. The Morgan fingerprint density at radius 2 is 1.54 bits per heavy atom. The van der Waals surface area contributed by atoms with E-state index in [1.807, 2.05) is 57.0 Å². The highest BCUT2D eigenvalue weighted by molar-refractivity contribution is 5.96. The lowest BCUT2D eigenvalue weighted by Crippen LogP contribution is -2.55. The standard InChI is InChI=1S/C35H53N7O4/c1-6-30(43)38-31(35(46)41-21-19-40(5)20-22-41)25(4)27-15-13-26(14-16-27)23-36-34(45)32(28-11-9-7-8-10-12-28)39-33(44)29-17-18-37-42(29)24(2)3/h13-18,24-25,28,31-32H,6-12,19-23H2,1-5H3,(H,36,45)(H,38,43)(H,39,44)/t25-,31+,32?/m0/s1. The van der Waals surface area contributed by atoms with Gasteiger partial charge >= 0.3 is 0 Å². The normalized spacial score (nSPS) is 18.3. The monoisotopic (exact) mass is 635 g/mol. The van der Waals surface area contributed by atoms with Gasteiger partial charge in [-0.25, -0.2) is 0 Å². The Balaban J connectivity index is 1.43. The molecule has 252 valence electrons. The molecule has 1 aliphatic carbocycles. The SMILES string of the molecule is CCC(=O)N[C@@H](C(=O)N1CCN(C)CC1)[C@@H](C)c1ccc(CNC(=O)C(NC(=O)c2ccnn2C(C)C)C2CCCCCC2)cc1. The van der Waals surface area contributed by atoms with Crippen LogP contribution in [0.1, 0.15) is 106 Å². The average molecular weight is 636 g/mol. The summed E-state index contributed by atoms with van der Waals surface area (Å²) in [6.07, 6.45) is 8.11. The summed E-state index contributed by atoms with van der Waals surface area (Å²) >= 11 is 0. The highest BCUT2D eigenvalue weighted by Gasteiger charge is 2.33. The highest BCUT2D eigenvalue weighted by Crippen LogP contribution is 2.27. The summed E-state index contributed by atoms with van der Waals surface area (Å²) < 4.78 is 1.68. The van der Waals surface area contributed by atoms with E-state index in [1.54, 1.807) is 23.9 Å². The molecule has 1 saturated heterocycles. The zero-order chi connectivity index (χ0) is 33.2. The number of piperazine rings is 1. The van der Waals surface area contributed by atoms with E-state index < -0.39 is 12.1 Å². The predicted octanol–water partition coefficient (Wildman–Crippen LogP) is 3.62. The van der Waals surface area contributed by atoms with Crippen LogP contribution >= 0.6 is 0 Å². The summed E-state index contributed by atoms with van der Waals surface area (Å²) in [6, 6.07) is 8.25. The van der Waals surface area contributed by atoms with E-state index in [4.69, 9.17) is 0 Å². The molecule has 46 heavy (non-hydrogen) atoms. The van der Waals surface area contributed by atoms with Crippen molar-refractivity contribution in [3.63, 3.8) is 0 Å². The van der Waals surface area contributed by atoms with Crippen molar-refractivity contribution < 1.29 is 19.2 Å². The molecule has 1 saturated carbocycles. The first-order valence-corrected chi connectivity index (χ1v) is 17.1. The molecule has 3 atom stereocenters. The van der Waals surface area contributed by atoms with Crippen LogP contribution in [0.25, 0.3) is 0 Å². The molecule has 2 aliphatic rings. The number of nitrogens with one attached hydrogen (secondary N) is 3. The molecule has 1 aromatic carbocycles. The molecule has 1 aromatic heterocycles. The van der Waals surface area contributed by atoms with Crippen molar-refractivity contribution in [3.05, 3.63) is 53.3 Å². The maximum absolute atomic E-state index is 13.7. The lowest BCUT2D eigenvalue weighted by atomic mass is 9.90.